The molecule has 1 aromatic rings. The minimum absolute atomic E-state index is 0.00343. The summed E-state index contributed by atoms with van der Waals surface area (Å²) in [5, 5.41) is 0.587. The molecule has 0 bridgehead atoms. The quantitative estimate of drug-likeness (QED) is 0.734. The number of hydrogen-bond donors (Lipinski definition) is 2. The zero-order valence-electron chi connectivity index (χ0n) is 7.76. The van der Waals surface area contributed by atoms with Gasteiger partial charge in [-0.15, -0.1) is 0 Å². The molecule has 0 fully saturated rings. The van der Waals surface area contributed by atoms with E-state index in [0.29, 0.717) is 10.7 Å². The lowest BCUT2D eigenvalue weighted by atomic mass is 10.0. The number of halogens is 1. The number of nitrogen functional groups attached to an aromatic ring is 1. The van der Waals surface area contributed by atoms with Gasteiger partial charge in [0.05, 0.1) is 10.7 Å². The molecule has 0 aliphatic heterocycles. The molecule has 2 nitrogen and oxygen atoms in total. The van der Waals surface area contributed by atoms with E-state index >= 15 is 0 Å². The van der Waals surface area contributed by atoms with Crippen LogP contribution in [0.15, 0.2) is 18.2 Å². The first-order valence-corrected chi connectivity index (χ1v) is 4.84. The Labute approximate surface area is 83.9 Å². The Morgan fingerprint density at radius 1 is 1.46 bits per heavy atom. The Morgan fingerprint density at radius 2 is 2.15 bits per heavy atom. The molecule has 3 heteroatoms. The first kappa shape index (κ1) is 10.4. The molecule has 0 spiro atoms. The zero-order chi connectivity index (χ0) is 9.84. The fourth-order valence-corrected chi connectivity index (χ4v) is 1.53. The molecule has 13 heavy (non-hydrogen) atoms. The van der Waals surface area contributed by atoms with Crippen molar-refractivity contribution in [3.63, 3.8) is 0 Å². The molecule has 4 N–H and O–H groups in total. The van der Waals surface area contributed by atoms with Gasteiger partial charge in [-0.05, 0) is 18.1 Å². The normalized spacial score (nSPS) is 12.8. The van der Waals surface area contributed by atoms with E-state index in [2.05, 4.69) is 6.92 Å². The number of nitrogens with two attached hydrogens (primary N) is 2. The SMILES string of the molecule is CCC[C@H](N)c1cccc(Cl)c1N. The maximum Gasteiger partial charge on any atom is 0.0638 e. The smallest absolute Gasteiger partial charge is 0.0638 e. The van der Waals surface area contributed by atoms with Crippen molar-refractivity contribution in [3.8, 4) is 0 Å². The van der Waals surface area contributed by atoms with Gasteiger partial charge in [-0.25, -0.2) is 0 Å². The number of benzene rings is 1. The minimum Gasteiger partial charge on any atom is -0.397 e. The molecule has 1 rings (SSSR count). The number of hydrogen-bond acceptors (Lipinski definition) is 2. The van der Waals surface area contributed by atoms with Crippen molar-refractivity contribution in [2.75, 3.05) is 5.73 Å². The van der Waals surface area contributed by atoms with E-state index < -0.39 is 0 Å². The molecule has 0 aliphatic carbocycles. The van der Waals surface area contributed by atoms with Crippen LogP contribution in [0.1, 0.15) is 31.4 Å². The van der Waals surface area contributed by atoms with Gasteiger partial charge in [-0.1, -0.05) is 37.1 Å². The van der Waals surface area contributed by atoms with Crippen LogP contribution in [0.4, 0.5) is 5.69 Å². The van der Waals surface area contributed by atoms with Crippen molar-refractivity contribution in [3.05, 3.63) is 28.8 Å². The highest BCUT2D eigenvalue weighted by Crippen LogP contribution is 2.28. The minimum atomic E-state index is 0.00343. The second-order valence-corrected chi connectivity index (χ2v) is 3.55. The second-order valence-electron chi connectivity index (χ2n) is 3.14. The van der Waals surface area contributed by atoms with Crippen molar-refractivity contribution < 1.29 is 0 Å². The fourth-order valence-electron chi connectivity index (χ4n) is 1.34. The lowest BCUT2D eigenvalue weighted by molar-refractivity contribution is 0.640. The molecule has 0 saturated carbocycles. The zero-order valence-corrected chi connectivity index (χ0v) is 8.51. The highest BCUT2D eigenvalue weighted by molar-refractivity contribution is 6.33. The first-order chi connectivity index (χ1) is 6.16. The van der Waals surface area contributed by atoms with Crippen LogP contribution in [0.5, 0.6) is 0 Å². The average Bonchev–Trinajstić information content (AvgIpc) is 2.10. The van der Waals surface area contributed by atoms with Gasteiger partial charge in [0.2, 0.25) is 0 Å². The van der Waals surface area contributed by atoms with Gasteiger partial charge in [0.1, 0.15) is 0 Å². The highest BCUT2D eigenvalue weighted by atomic mass is 35.5. The molecule has 0 amide bonds. The molecule has 0 saturated heterocycles. The van der Waals surface area contributed by atoms with Gasteiger partial charge in [0.15, 0.2) is 0 Å². The molecule has 0 aliphatic rings. The third kappa shape index (κ3) is 2.36. The maximum atomic E-state index is 5.94. The van der Waals surface area contributed by atoms with Gasteiger partial charge in [-0.2, -0.15) is 0 Å². The highest BCUT2D eigenvalue weighted by Gasteiger charge is 2.09. The molecule has 0 heterocycles. The summed E-state index contributed by atoms with van der Waals surface area (Å²) < 4.78 is 0. The Kier molecular flexibility index (Phi) is 3.58. The molecular formula is C10H15ClN2. The number of anilines is 1. The van der Waals surface area contributed by atoms with E-state index in [9.17, 15) is 0 Å². The Balaban J connectivity index is 2.93. The van der Waals surface area contributed by atoms with Crippen molar-refractivity contribution >= 4 is 17.3 Å². The van der Waals surface area contributed by atoms with E-state index in [0.717, 1.165) is 18.4 Å². The molecule has 0 radical (unpaired) electrons. The van der Waals surface area contributed by atoms with Crippen LogP contribution in [0.2, 0.25) is 5.02 Å². The van der Waals surface area contributed by atoms with Crippen LogP contribution in [0.3, 0.4) is 0 Å². The summed E-state index contributed by atoms with van der Waals surface area (Å²) in [5.41, 5.74) is 13.3. The lowest BCUT2D eigenvalue weighted by Crippen LogP contribution is -2.12. The van der Waals surface area contributed by atoms with Crippen molar-refractivity contribution in [1.29, 1.82) is 0 Å². The van der Waals surface area contributed by atoms with E-state index in [-0.39, 0.29) is 6.04 Å². The monoisotopic (exact) mass is 198 g/mol. The van der Waals surface area contributed by atoms with Gasteiger partial charge in [-0.3, -0.25) is 0 Å². The van der Waals surface area contributed by atoms with Crippen LogP contribution >= 0.6 is 11.6 Å². The largest absolute Gasteiger partial charge is 0.397 e. The predicted octanol–water partition coefficient (Wildman–Crippen LogP) is 2.72. The Bertz CT molecular complexity index is 286. The predicted molar refractivity (Wildman–Crippen MR) is 57.7 cm³/mol. The topological polar surface area (TPSA) is 52.0 Å². The number of para-hydroxylation sites is 1. The summed E-state index contributed by atoms with van der Waals surface area (Å²) in [4.78, 5) is 0. The summed E-state index contributed by atoms with van der Waals surface area (Å²) in [6.07, 6.45) is 1.98. The summed E-state index contributed by atoms with van der Waals surface area (Å²) in [6.45, 7) is 2.10. The summed E-state index contributed by atoms with van der Waals surface area (Å²) in [5.74, 6) is 0. The average molecular weight is 199 g/mol. The standard InChI is InChI=1S/C10H15ClN2/c1-2-4-9(12)7-5-3-6-8(11)10(7)13/h3,5-6,9H,2,4,12-13H2,1H3/t9-/m0/s1. The van der Waals surface area contributed by atoms with Crippen LogP contribution in [0.25, 0.3) is 0 Å². The van der Waals surface area contributed by atoms with Crippen molar-refractivity contribution in [2.24, 2.45) is 5.73 Å². The lowest BCUT2D eigenvalue weighted by Gasteiger charge is -2.13. The Hall–Kier alpha value is -0.730. The van der Waals surface area contributed by atoms with Gasteiger partial charge in [0.25, 0.3) is 0 Å². The van der Waals surface area contributed by atoms with Crippen LogP contribution in [-0.2, 0) is 0 Å². The molecule has 1 aromatic carbocycles. The van der Waals surface area contributed by atoms with Crippen molar-refractivity contribution in [2.45, 2.75) is 25.8 Å². The van der Waals surface area contributed by atoms with E-state index in [4.69, 9.17) is 23.1 Å². The number of rotatable bonds is 3. The van der Waals surface area contributed by atoms with Gasteiger partial charge >= 0.3 is 0 Å². The third-order valence-electron chi connectivity index (χ3n) is 2.09. The Morgan fingerprint density at radius 3 is 2.77 bits per heavy atom. The van der Waals surface area contributed by atoms with Gasteiger partial charge < -0.3 is 11.5 Å². The first-order valence-electron chi connectivity index (χ1n) is 4.46. The molecule has 0 aromatic heterocycles. The summed E-state index contributed by atoms with van der Waals surface area (Å²) in [6, 6.07) is 5.59. The molecule has 1 atom stereocenters. The van der Waals surface area contributed by atoms with E-state index in [1.165, 1.54) is 0 Å². The summed E-state index contributed by atoms with van der Waals surface area (Å²) >= 11 is 5.88. The van der Waals surface area contributed by atoms with E-state index in [1.54, 1.807) is 6.07 Å². The molecule has 72 valence electrons. The third-order valence-corrected chi connectivity index (χ3v) is 2.42. The van der Waals surface area contributed by atoms with Crippen molar-refractivity contribution in [1.82, 2.24) is 0 Å². The van der Waals surface area contributed by atoms with Crippen LogP contribution in [-0.4, -0.2) is 0 Å². The van der Waals surface area contributed by atoms with Crippen LogP contribution in [0, 0.1) is 0 Å². The van der Waals surface area contributed by atoms with Gasteiger partial charge in [0, 0.05) is 6.04 Å². The molecule has 0 unspecified atom stereocenters. The van der Waals surface area contributed by atoms with Crippen LogP contribution < -0.4 is 11.5 Å². The summed E-state index contributed by atoms with van der Waals surface area (Å²) in [7, 11) is 0. The van der Waals surface area contributed by atoms with E-state index in [1.807, 2.05) is 12.1 Å². The maximum absolute atomic E-state index is 5.94. The fraction of sp³-hybridized carbons (Fsp3) is 0.400. The molecular weight excluding hydrogens is 184 g/mol. The second kappa shape index (κ2) is 4.49.